The van der Waals surface area contributed by atoms with Crippen LogP contribution in [0.4, 0.5) is 4.39 Å². The number of alkyl halides is 1. The first-order valence-electron chi connectivity index (χ1n) is 6.97. The Balaban J connectivity index is 2.14. The van der Waals surface area contributed by atoms with Gasteiger partial charge in [0.25, 0.3) is 0 Å². The van der Waals surface area contributed by atoms with Gasteiger partial charge in [-0.2, -0.15) is 0 Å². The summed E-state index contributed by atoms with van der Waals surface area (Å²) in [4.78, 5) is 4.55. The minimum atomic E-state index is -0.281. The molecule has 0 spiro atoms. The quantitative estimate of drug-likeness (QED) is 0.705. The molecule has 1 aliphatic heterocycles. The molecule has 1 aliphatic rings. The van der Waals surface area contributed by atoms with E-state index in [4.69, 9.17) is 16.3 Å². The first-order chi connectivity index (χ1) is 9.91. The Bertz CT molecular complexity index is 686. The van der Waals surface area contributed by atoms with E-state index in [0.717, 1.165) is 29.7 Å². The van der Waals surface area contributed by atoms with Gasteiger partial charge in [0.1, 0.15) is 11.6 Å². The van der Waals surface area contributed by atoms with Crippen LogP contribution < -0.4 is 0 Å². The second-order valence-corrected chi connectivity index (χ2v) is 7.16. The maximum atomic E-state index is 13.9. The highest BCUT2D eigenvalue weighted by Crippen LogP contribution is 2.36. The summed E-state index contributed by atoms with van der Waals surface area (Å²) in [5, 5.41) is 0. The number of benzene rings is 1. The van der Waals surface area contributed by atoms with E-state index in [-0.39, 0.29) is 17.5 Å². The van der Waals surface area contributed by atoms with Crippen molar-refractivity contribution in [3.8, 4) is 0 Å². The molecule has 0 aliphatic carbocycles. The van der Waals surface area contributed by atoms with E-state index in [0.29, 0.717) is 17.0 Å². The molecule has 1 atom stereocenters. The maximum absolute atomic E-state index is 13.9. The number of aromatic nitrogens is 2. The van der Waals surface area contributed by atoms with Crippen LogP contribution in [0.1, 0.15) is 38.6 Å². The zero-order chi connectivity index (χ0) is 15.2. The normalized spacial score (nSPS) is 21.9. The second-order valence-electron chi connectivity index (χ2n) is 6.04. The molecule has 6 heteroatoms. The third-order valence-electron chi connectivity index (χ3n) is 3.96. The monoisotopic (exact) mass is 374 g/mol. The SMILES string of the molecule is CC1(C)CC(n2c(CCl)nc3cc(Br)c(F)cc32)CCO1. The largest absolute Gasteiger partial charge is 0.375 e. The van der Waals surface area contributed by atoms with Gasteiger partial charge in [-0.05, 0) is 48.7 Å². The van der Waals surface area contributed by atoms with Gasteiger partial charge in [-0.1, -0.05) is 0 Å². The lowest BCUT2D eigenvalue weighted by Crippen LogP contribution is -2.35. The predicted octanol–water partition coefficient (Wildman–Crippen LogP) is 4.81. The Morgan fingerprint density at radius 2 is 2.29 bits per heavy atom. The third-order valence-corrected chi connectivity index (χ3v) is 4.81. The van der Waals surface area contributed by atoms with Crippen molar-refractivity contribution in [1.29, 1.82) is 0 Å². The second kappa shape index (κ2) is 5.52. The number of rotatable bonds is 2. The molecule has 21 heavy (non-hydrogen) atoms. The number of ether oxygens (including phenoxy) is 1. The van der Waals surface area contributed by atoms with Crippen molar-refractivity contribution >= 4 is 38.6 Å². The Morgan fingerprint density at radius 1 is 1.52 bits per heavy atom. The number of fused-ring (bicyclic) bond motifs is 1. The molecule has 0 N–H and O–H groups in total. The summed E-state index contributed by atoms with van der Waals surface area (Å²) in [6.07, 6.45) is 1.75. The molecular formula is C15H17BrClFN2O. The standard InChI is InChI=1S/C15H17BrClFN2O/c1-15(2)7-9(3-4-21-15)20-13-6-11(18)10(16)5-12(13)19-14(20)8-17/h5-6,9H,3-4,7-8H2,1-2H3. The van der Waals surface area contributed by atoms with E-state index < -0.39 is 0 Å². The number of hydrogen-bond acceptors (Lipinski definition) is 2. The fourth-order valence-electron chi connectivity index (χ4n) is 3.06. The van der Waals surface area contributed by atoms with Crippen molar-refractivity contribution in [2.24, 2.45) is 0 Å². The van der Waals surface area contributed by atoms with Crippen molar-refractivity contribution in [2.75, 3.05) is 6.61 Å². The lowest BCUT2D eigenvalue weighted by Gasteiger charge is -2.36. The van der Waals surface area contributed by atoms with Crippen LogP contribution in [-0.2, 0) is 10.6 Å². The zero-order valence-corrected chi connectivity index (χ0v) is 14.3. The summed E-state index contributed by atoms with van der Waals surface area (Å²) in [7, 11) is 0. The molecule has 1 saturated heterocycles. The molecule has 114 valence electrons. The van der Waals surface area contributed by atoms with Crippen molar-refractivity contribution in [2.45, 2.75) is 44.2 Å². The average Bonchev–Trinajstić information content (AvgIpc) is 2.75. The Morgan fingerprint density at radius 3 is 2.95 bits per heavy atom. The van der Waals surface area contributed by atoms with Gasteiger partial charge in [0.15, 0.2) is 0 Å². The predicted molar refractivity (Wildman–Crippen MR) is 85.3 cm³/mol. The van der Waals surface area contributed by atoms with Gasteiger partial charge in [-0.25, -0.2) is 9.37 Å². The Kier molecular flexibility index (Phi) is 4.01. The van der Waals surface area contributed by atoms with Crippen LogP contribution in [0.5, 0.6) is 0 Å². The summed E-state index contributed by atoms with van der Waals surface area (Å²) in [6.45, 7) is 4.85. The maximum Gasteiger partial charge on any atom is 0.139 e. The van der Waals surface area contributed by atoms with Gasteiger partial charge in [0.2, 0.25) is 0 Å². The summed E-state index contributed by atoms with van der Waals surface area (Å²) in [5.74, 6) is 0.814. The van der Waals surface area contributed by atoms with Gasteiger partial charge in [-0.15, -0.1) is 11.6 Å². The lowest BCUT2D eigenvalue weighted by atomic mass is 9.93. The molecule has 3 rings (SSSR count). The Labute approximate surface area is 136 Å². The molecule has 0 radical (unpaired) electrons. The lowest BCUT2D eigenvalue weighted by molar-refractivity contribution is -0.0688. The van der Waals surface area contributed by atoms with Crippen LogP contribution in [0, 0.1) is 5.82 Å². The molecule has 0 saturated carbocycles. The minimum Gasteiger partial charge on any atom is -0.375 e. The highest BCUT2D eigenvalue weighted by Gasteiger charge is 2.31. The minimum absolute atomic E-state index is 0.184. The van der Waals surface area contributed by atoms with E-state index in [1.807, 2.05) is 0 Å². The molecule has 0 amide bonds. The number of hydrogen-bond donors (Lipinski definition) is 0. The number of nitrogens with zero attached hydrogens (tertiary/aromatic N) is 2. The molecule has 3 nitrogen and oxygen atoms in total. The van der Waals surface area contributed by atoms with Crippen molar-refractivity contribution < 1.29 is 9.13 Å². The molecular weight excluding hydrogens is 359 g/mol. The highest BCUT2D eigenvalue weighted by molar-refractivity contribution is 9.10. The fraction of sp³-hybridized carbons (Fsp3) is 0.533. The smallest absolute Gasteiger partial charge is 0.139 e. The highest BCUT2D eigenvalue weighted by atomic mass is 79.9. The first kappa shape index (κ1) is 15.3. The number of halogens is 3. The van der Waals surface area contributed by atoms with E-state index in [1.54, 1.807) is 6.07 Å². The summed E-state index contributed by atoms with van der Waals surface area (Å²) in [5.41, 5.74) is 1.38. The molecule has 1 fully saturated rings. The van der Waals surface area contributed by atoms with Crippen molar-refractivity contribution in [1.82, 2.24) is 9.55 Å². The summed E-state index contributed by atoms with van der Waals surface area (Å²) >= 11 is 9.26. The van der Waals surface area contributed by atoms with Gasteiger partial charge in [0.05, 0.1) is 27.0 Å². The van der Waals surface area contributed by atoms with Crippen molar-refractivity contribution in [3.63, 3.8) is 0 Å². The molecule has 0 bridgehead atoms. The van der Waals surface area contributed by atoms with Crippen LogP contribution in [0.2, 0.25) is 0 Å². The number of imidazole rings is 1. The van der Waals surface area contributed by atoms with E-state index >= 15 is 0 Å². The van der Waals surface area contributed by atoms with Gasteiger partial charge in [-0.3, -0.25) is 0 Å². The van der Waals surface area contributed by atoms with Crippen LogP contribution in [0.3, 0.4) is 0 Å². The summed E-state index contributed by atoms with van der Waals surface area (Å²) in [6, 6.07) is 3.47. The van der Waals surface area contributed by atoms with Gasteiger partial charge < -0.3 is 9.30 Å². The molecule has 1 aromatic heterocycles. The van der Waals surface area contributed by atoms with Crippen LogP contribution in [0.25, 0.3) is 11.0 Å². The van der Waals surface area contributed by atoms with Crippen LogP contribution >= 0.6 is 27.5 Å². The summed E-state index contributed by atoms with van der Waals surface area (Å²) < 4.78 is 22.2. The average molecular weight is 376 g/mol. The van der Waals surface area contributed by atoms with Gasteiger partial charge >= 0.3 is 0 Å². The van der Waals surface area contributed by atoms with Gasteiger partial charge in [0, 0.05) is 18.7 Å². The van der Waals surface area contributed by atoms with E-state index in [2.05, 4.69) is 39.3 Å². The van der Waals surface area contributed by atoms with Crippen LogP contribution in [-0.4, -0.2) is 21.8 Å². The zero-order valence-electron chi connectivity index (χ0n) is 12.0. The van der Waals surface area contributed by atoms with E-state index in [9.17, 15) is 4.39 Å². The Hall–Kier alpha value is -0.650. The molecule has 1 aromatic carbocycles. The molecule has 1 unspecified atom stereocenters. The van der Waals surface area contributed by atoms with Crippen LogP contribution in [0.15, 0.2) is 16.6 Å². The third kappa shape index (κ3) is 2.83. The molecule has 2 heterocycles. The van der Waals surface area contributed by atoms with Crippen molar-refractivity contribution in [3.05, 3.63) is 28.2 Å². The topological polar surface area (TPSA) is 27.1 Å². The molecule has 2 aromatic rings. The fourth-order valence-corrected chi connectivity index (χ4v) is 3.58. The van der Waals surface area contributed by atoms with E-state index in [1.165, 1.54) is 6.07 Å². The first-order valence-corrected chi connectivity index (χ1v) is 8.30.